The molecule has 3 aliphatic carbocycles. The summed E-state index contributed by atoms with van der Waals surface area (Å²) in [5, 5.41) is 3.73. The van der Waals surface area contributed by atoms with Crippen LogP contribution in [0, 0.1) is 12.3 Å². The van der Waals surface area contributed by atoms with Crippen molar-refractivity contribution >= 4 is 34.4 Å². The fraction of sp³-hybridized carbons (Fsp3) is 0.348. The Morgan fingerprint density at radius 3 is 2.70 bits per heavy atom. The molecule has 2 bridgehead atoms. The largest absolute Gasteiger partial charge is 0.486 e. The predicted molar refractivity (Wildman–Crippen MR) is 112 cm³/mol. The SMILES string of the molecule is Cc1cc(OCC(=O)CC23CC(NC(=O)c4nc5ccccc5o4)(C2)C3)ccc1Cl. The van der Waals surface area contributed by atoms with E-state index in [1.54, 1.807) is 18.2 Å². The topological polar surface area (TPSA) is 81.4 Å². The monoisotopic (exact) mass is 424 g/mol. The van der Waals surface area contributed by atoms with Gasteiger partial charge in [0.15, 0.2) is 11.4 Å². The molecular weight excluding hydrogens is 404 g/mol. The minimum Gasteiger partial charge on any atom is -0.486 e. The number of aryl methyl sites for hydroxylation is 1. The van der Waals surface area contributed by atoms with E-state index in [0.717, 1.165) is 24.8 Å². The van der Waals surface area contributed by atoms with E-state index in [2.05, 4.69) is 10.3 Å². The lowest BCUT2D eigenvalue weighted by molar-refractivity contribution is -0.162. The number of aromatic nitrogens is 1. The van der Waals surface area contributed by atoms with E-state index in [0.29, 0.717) is 28.3 Å². The first kappa shape index (κ1) is 19.1. The zero-order valence-electron chi connectivity index (χ0n) is 16.5. The van der Waals surface area contributed by atoms with E-state index in [1.165, 1.54) is 0 Å². The molecule has 0 saturated heterocycles. The van der Waals surface area contributed by atoms with E-state index in [-0.39, 0.29) is 35.1 Å². The number of fused-ring (bicyclic) bond motifs is 1. The molecule has 1 N–H and O–H groups in total. The van der Waals surface area contributed by atoms with Crippen molar-refractivity contribution < 1.29 is 18.7 Å². The molecule has 7 heteroatoms. The van der Waals surface area contributed by atoms with Crippen LogP contribution in [0.4, 0.5) is 0 Å². The van der Waals surface area contributed by atoms with Gasteiger partial charge in [0.1, 0.15) is 17.9 Å². The number of carbonyl (C=O) groups excluding carboxylic acids is 2. The van der Waals surface area contributed by atoms with Gasteiger partial charge in [-0.2, -0.15) is 0 Å². The third-order valence-electron chi connectivity index (χ3n) is 6.11. The number of ether oxygens (including phenoxy) is 1. The lowest BCUT2D eigenvalue weighted by Crippen LogP contribution is -2.75. The lowest BCUT2D eigenvalue weighted by atomic mass is 9.38. The Bertz CT molecular complexity index is 1120. The molecule has 0 atom stereocenters. The van der Waals surface area contributed by atoms with Gasteiger partial charge < -0.3 is 14.5 Å². The molecule has 1 aromatic heterocycles. The molecular formula is C23H21ClN2O4. The van der Waals surface area contributed by atoms with Crippen molar-refractivity contribution in [3.8, 4) is 5.75 Å². The summed E-state index contributed by atoms with van der Waals surface area (Å²) in [6.45, 7) is 1.94. The molecule has 0 radical (unpaired) electrons. The summed E-state index contributed by atoms with van der Waals surface area (Å²) in [6, 6.07) is 12.6. The summed E-state index contributed by atoms with van der Waals surface area (Å²) < 4.78 is 11.2. The molecule has 6 rings (SSSR count). The molecule has 1 amide bonds. The van der Waals surface area contributed by atoms with Gasteiger partial charge in [0.05, 0.1) is 0 Å². The standard InChI is InChI=1S/C23H21ClN2O4/c1-14-8-16(6-7-17(14)24)29-10-15(27)9-22-11-23(12-22,13-22)26-20(28)21-25-18-4-2-3-5-19(18)30-21/h2-8H,9-13H2,1H3,(H,26,28). The quantitative estimate of drug-likeness (QED) is 0.604. The number of nitrogens with one attached hydrogen (secondary N) is 1. The van der Waals surface area contributed by atoms with Gasteiger partial charge in [0.2, 0.25) is 0 Å². The number of para-hydroxylation sites is 2. The molecule has 30 heavy (non-hydrogen) atoms. The minimum atomic E-state index is -0.299. The third kappa shape index (κ3) is 3.35. The van der Waals surface area contributed by atoms with Crippen molar-refractivity contribution in [2.75, 3.05) is 6.61 Å². The molecule has 0 spiro atoms. The highest BCUT2D eigenvalue weighted by Crippen LogP contribution is 2.69. The maximum atomic E-state index is 12.5. The van der Waals surface area contributed by atoms with Crippen LogP contribution < -0.4 is 10.1 Å². The Hall–Kier alpha value is -2.86. The number of oxazole rings is 1. The van der Waals surface area contributed by atoms with Crippen LogP contribution in [0.3, 0.4) is 0 Å². The van der Waals surface area contributed by atoms with Crippen LogP contribution in [0.1, 0.15) is 41.9 Å². The van der Waals surface area contributed by atoms with Crippen molar-refractivity contribution in [2.45, 2.75) is 38.1 Å². The first-order valence-corrected chi connectivity index (χ1v) is 10.3. The first-order chi connectivity index (χ1) is 14.4. The number of hydrogen-bond donors (Lipinski definition) is 1. The van der Waals surface area contributed by atoms with Crippen LogP contribution in [0.15, 0.2) is 46.9 Å². The summed E-state index contributed by atoms with van der Waals surface area (Å²) >= 11 is 6.01. The number of hydrogen-bond acceptors (Lipinski definition) is 5. The number of benzene rings is 2. The van der Waals surface area contributed by atoms with Crippen LogP contribution in [0.2, 0.25) is 5.02 Å². The van der Waals surface area contributed by atoms with Crippen molar-refractivity contribution in [1.82, 2.24) is 10.3 Å². The number of amides is 1. The van der Waals surface area contributed by atoms with Gasteiger partial charge in [-0.05, 0) is 67.5 Å². The van der Waals surface area contributed by atoms with Crippen LogP contribution in [0.5, 0.6) is 5.75 Å². The Balaban J connectivity index is 1.12. The van der Waals surface area contributed by atoms with Gasteiger partial charge in [-0.3, -0.25) is 9.59 Å². The number of rotatable bonds is 7. The van der Waals surface area contributed by atoms with Gasteiger partial charge in [0, 0.05) is 17.0 Å². The summed E-state index contributed by atoms with van der Waals surface area (Å²) in [7, 11) is 0. The molecule has 154 valence electrons. The second-order valence-corrected chi connectivity index (χ2v) is 9.07. The molecule has 0 unspecified atom stereocenters. The van der Waals surface area contributed by atoms with Crippen LogP contribution >= 0.6 is 11.6 Å². The normalized spacial score (nSPS) is 24.1. The van der Waals surface area contributed by atoms with E-state index in [4.69, 9.17) is 20.8 Å². The highest BCUT2D eigenvalue weighted by Gasteiger charge is 2.68. The van der Waals surface area contributed by atoms with Crippen molar-refractivity contribution in [3.63, 3.8) is 0 Å². The highest BCUT2D eigenvalue weighted by atomic mass is 35.5. The van der Waals surface area contributed by atoms with Gasteiger partial charge in [0.25, 0.3) is 5.89 Å². The van der Waals surface area contributed by atoms with Crippen molar-refractivity contribution in [1.29, 1.82) is 0 Å². The second-order valence-electron chi connectivity index (χ2n) is 8.67. The molecule has 2 aromatic carbocycles. The minimum absolute atomic E-state index is 0.00899. The third-order valence-corrected chi connectivity index (χ3v) is 6.53. The molecule has 3 fully saturated rings. The molecule has 0 aliphatic heterocycles. The van der Waals surface area contributed by atoms with Crippen LogP contribution in [-0.2, 0) is 4.79 Å². The first-order valence-electron chi connectivity index (χ1n) is 9.94. The Morgan fingerprint density at radius 1 is 1.20 bits per heavy atom. The molecule has 6 nitrogen and oxygen atoms in total. The molecule has 3 aromatic rings. The van der Waals surface area contributed by atoms with E-state index in [9.17, 15) is 9.59 Å². The fourth-order valence-corrected chi connectivity index (χ4v) is 5.04. The smallest absolute Gasteiger partial charge is 0.307 e. The maximum Gasteiger partial charge on any atom is 0.307 e. The summed E-state index contributed by atoms with van der Waals surface area (Å²) in [6.07, 6.45) is 2.88. The highest BCUT2D eigenvalue weighted by molar-refractivity contribution is 6.31. The number of halogens is 1. The summed E-state index contributed by atoms with van der Waals surface area (Å²) in [5.41, 5.74) is 1.94. The number of carbonyl (C=O) groups is 2. The Morgan fingerprint density at radius 2 is 1.97 bits per heavy atom. The van der Waals surface area contributed by atoms with Crippen molar-refractivity contribution in [2.24, 2.45) is 5.41 Å². The number of Topliss-reactive ketones (excluding diaryl/α,β-unsaturated/α-hetero) is 1. The average molecular weight is 425 g/mol. The van der Waals surface area contributed by atoms with Gasteiger partial charge in [-0.15, -0.1) is 0 Å². The Kier molecular flexibility index (Phi) is 4.36. The summed E-state index contributed by atoms with van der Waals surface area (Å²) in [4.78, 5) is 29.2. The van der Waals surface area contributed by atoms with Crippen LogP contribution in [0.25, 0.3) is 11.1 Å². The van der Waals surface area contributed by atoms with Gasteiger partial charge in [-0.1, -0.05) is 23.7 Å². The Labute approximate surface area is 178 Å². The van der Waals surface area contributed by atoms with Crippen molar-refractivity contribution in [3.05, 3.63) is 58.9 Å². The number of nitrogens with zero attached hydrogens (tertiary/aromatic N) is 1. The summed E-state index contributed by atoms with van der Waals surface area (Å²) in [5.74, 6) is 0.496. The van der Waals surface area contributed by atoms with E-state index >= 15 is 0 Å². The maximum absolute atomic E-state index is 12.5. The van der Waals surface area contributed by atoms with Gasteiger partial charge >= 0.3 is 5.91 Å². The fourth-order valence-electron chi connectivity index (χ4n) is 4.92. The zero-order valence-corrected chi connectivity index (χ0v) is 17.3. The van der Waals surface area contributed by atoms with E-state index < -0.39 is 0 Å². The van der Waals surface area contributed by atoms with E-state index in [1.807, 2.05) is 31.2 Å². The predicted octanol–water partition coefficient (Wildman–Crippen LogP) is 4.48. The second kappa shape index (κ2) is 6.84. The number of ketones is 1. The zero-order chi connectivity index (χ0) is 20.9. The van der Waals surface area contributed by atoms with Crippen LogP contribution in [-0.4, -0.2) is 28.8 Å². The lowest BCUT2D eigenvalue weighted by Gasteiger charge is -2.70. The molecule has 3 aliphatic rings. The van der Waals surface area contributed by atoms with Gasteiger partial charge in [-0.25, -0.2) is 4.98 Å². The molecule has 3 saturated carbocycles. The average Bonchev–Trinajstić information content (AvgIpc) is 3.10. The molecule has 1 heterocycles.